The minimum absolute atomic E-state index is 0.204. The summed E-state index contributed by atoms with van der Waals surface area (Å²) in [5, 5.41) is 2.96. The van der Waals surface area contributed by atoms with Crippen molar-refractivity contribution in [1.29, 1.82) is 0 Å². The highest BCUT2D eigenvalue weighted by atomic mass is 28.3. The molecule has 0 spiro atoms. The summed E-state index contributed by atoms with van der Waals surface area (Å²) in [5.41, 5.74) is 1.09. The molecule has 0 fully saturated rings. The van der Waals surface area contributed by atoms with Crippen molar-refractivity contribution < 1.29 is 9.53 Å². The number of hydrogen-bond donors (Lipinski definition) is 1. The van der Waals surface area contributed by atoms with Gasteiger partial charge in [0.2, 0.25) is 0 Å². The molecule has 1 heterocycles. The van der Waals surface area contributed by atoms with Crippen LogP contribution in [0.5, 0.6) is 0 Å². The number of nitrogens with zero attached hydrogens (tertiary/aromatic N) is 1. The molecular weight excluding hydrogens is 284 g/mol. The number of aryl methyl sites for hydroxylation is 1. The van der Waals surface area contributed by atoms with Crippen LogP contribution in [0.4, 0.5) is 5.69 Å². The lowest BCUT2D eigenvalue weighted by atomic mass is 10.1. The average Bonchev–Trinajstić information content (AvgIpc) is 2.41. The summed E-state index contributed by atoms with van der Waals surface area (Å²) in [5.74, 6) is 0. The maximum atomic E-state index is 12.1. The van der Waals surface area contributed by atoms with Gasteiger partial charge in [-0.2, -0.15) is 0 Å². The summed E-state index contributed by atoms with van der Waals surface area (Å²) >= 11 is 0. The van der Waals surface area contributed by atoms with E-state index in [0.29, 0.717) is 29.7 Å². The number of ether oxygens (including phenoxy) is 1. The van der Waals surface area contributed by atoms with Gasteiger partial charge < -0.3 is 14.6 Å². The Kier molecular flexibility index (Phi) is 6.11. The quantitative estimate of drug-likeness (QED) is 0.347. The third-order valence-corrected chi connectivity index (χ3v) is 4.83. The monoisotopic (exact) mass is 308 g/mol. The van der Waals surface area contributed by atoms with E-state index in [0.717, 1.165) is 6.04 Å². The number of rotatable bonds is 8. The van der Waals surface area contributed by atoms with Crippen LogP contribution < -0.4 is 10.9 Å². The van der Waals surface area contributed by atoms with Crippen LogP contribution in [0.2, 0.25) is 25.7 Å². The number of anilines is 1. The summed E-state index contributed by atoms with van der Waals surface area (Å²) in [6.07, 6.45) is 3.73. The van der Waals surface area contributed by atoms with Crippen LogP contribution in [0.15, 0.2) is 17.6 Å². The molecule has 0 unspecified atom stereocenters. The molecule has 21 heavy (non-hydrogen) atoms. The Morgan fingerprint density at radius 3 is 2.62 bits per heavy atom. The predicted octanol–water partition coefficient (Wildman–Crippen LogP) is 2.57. The Morgan fingerprint density at radius 2 is 2.10 bits per heavy atom. The molecule has 0 atom stereocenters. The third kappa shape index (κ3) is 4.98. The van der Waals surface area contributed by atoms with Gasteiger partial charge in [-0.15, -0.1) is 0 Å². The lowest BCUT2D eigenvalue weighted by molar-refractivity contribution is 0.112. The summed E-state index contributed by atoms with van der Waals surface area (Å²) in [7, 11) is 0.491. The number of aldehydes is 1. The molecule has 6 heteroatoms. The van der Waals surface area contributed by atoms with Crippen molar-refractivity contribution in [3.05, 3.63) is 34.3 Å². The smallest absolute Gasteiger partial charge is 0.274 e. The van der Waals surface area contributed by atoms with Crippen molar-refractivity contribution in [1.82, 2.24) is 4.57 Å². The molecule has 0 bridgehead atoms. The van der Waals surface area contributed by atoms with E-state index in [1.165, 1.54) is 16.8 Å². The van der Waals surface area contributed by atoms with Gasteiger partial charge >= 0.3 is 0 Å². The maximum Gasteiger partial charge on any atom is 0.274 e. The van der Waals surface area contributed by atoms with Gasteiger partial charge in [-0.25, -0.2) is 0 Å². The van der Waals surface area contributed by atoms with Crippen LogP contribution in [-0.2, 0) is 11.8 Å². The van der Waals surface area contributed by atoms with Crippen LogP contribution in [0.3, 0.4) is 0 Å². The lowest BCUT2D eigenvalue weighted by Crippen LogP contribution is -2.26. The summed E-state index contributed by atoms with van der Waals surface area (Å²) < 4.78 is 6.91. The second-order valence-electron chi connectivity index (χ2n) is 6.15. The van der Waals surface area contributed by atoms with Gasteiger partial charge in [0, 0.05) is 39.1 Å². The molecule has 0 saturated heterocycles. The van der Waals surface area contributed by atoms with Crippen molar-refractivity contribution >= 4 is 26.1 Å². The molecule has 116 valence electrons. The third-order valence-electron chi connectivity index (χ3n) is 3.13. The Balaban J connectivity index is 2.79. The first-order chi connectivity index (χ1) is 9.80. The van der Waals surface area contributed by atoms with Gasteiger partial charge in [-0.1, -0.05) is 32.3 Å². The molecule has 0 aliphatic rings. The molecule has 0 radical (unpaired) electrons. The van der Waals surface area contributed by atoms with Gasteiger partial charge in [-0.3, -0.25) is 9.59 Å². The topological polar surface area (TPSA) is 60.3 Å². The standard InChI is InChI=1S/C15H24N2O3Si/c1-6-13-12(10-18)9-17(2)15(19)14(13)16-11-20-7-8-21(3,4)5/h6,9-10,16H,1,7-8,11H2,2-5H3. The molecule has 1 aromatic rings. The van der Waals surface area contributed by atoms with Gasteiger partial charge in [0.05, 0.1) is 0 Å². The van der Waals surface area contributed by atoms with E-state index in [4.69, 9.17) is 4.74 Å². The number of carbonyl (C=O) groups is 1. The fraction of sp³-hybridized carbons (Fsp3) is 0.467. The Bertz CT molecular complexity index is 574. The van der Waals surface area contributed by atoms with Crippen LogP contribution in [0, 0.1) is 0 Å². The van der Waals surface area contributed by atoms with Crippen LogP contribution in [-0.4, -0.2) is 32.3 Å². The summed E-state index contributed by atoms with van der Waals surface area (Å²) in [6, 6.07) is 1.06. The first-order valence-corrected chi connectivity index (χ1v) is 10.6. The molecule has 0 saturated carbocycles. The lowest BCUT2D eigenvalue weighted by Gasteiger charge is -2.16. The SMILES string of the molecule is C=Cc1c(C=O)cn(C)c(=O)c1NCOCC[Si](C)(C)C. The summed E-state index contributed by atoms with van der Waals surface area (Å²) in [6.45, 7) is 11.4. The minimum atomic E-state index is -1.12. The van der Waals surface area contributed by atoms with E-state index >= 15 is 0 Å². The van der Waals surface area contributed by atoms with E-state index < -0.39 is 8.07 Å². The fourth-order valence-corrected chi connectivity index (χ4v) is 2.59. The molecule has 1 N–H and O–H groups in total. The molecular formula is C15H24N2O3Si. The molecule has 0 aliphatic carbocycles. The molecule has 5 nitrogen and oxygen atoms in total. The normalized spacial score (nSPS) is 11.2. The largest absolute Gasteiger partial charge is 0.362 e. The number of nitrogens with one attached hydrogen (secondary N) is 1. The number of aromatic nitrogens is 1. The first kappa shape index (κ1) is 17.4. The minimum Gasteiger partial charge on any atom is -0.362 e. The van der Waals surface area contributed by atoms with Crippen molar-refractivity contribution in [2.24, 2.45) is 7.05 Å². The zero-order valence-electron chi connectivity index (χ0n) is 13.2. The number of hydrogen-bond acceptors (Lipinski definition) is 4. The highest BCUT2D eigenvalue weighted by Gasteiger charge is 2.13. The zero-order valence-corrected chi connectivity index (χ0v) is 14.2. The Hall–Kier alpha value is -1.66. The zero-order chi connectivity index (χ0) is 16.0. The van der Waals surface area contributed by atoms with Crippen molar-refractivity contribution in [2.75, 3.05) is 18.7 Å². The predicted molar refractivity (Wildman–Crippen MR) is 89.8 cm³/mol. The molecule has 1 rings (SSSR count). The molecule has 0 amide bonds. The van der Waals surface area contributed by atoms with E-state index in [2.05, 4.69) is 31.5 Å². The van der Waals surface area contributed by atoms with E-state index in [1.807, 2.05) is 0 Å². The van der Waals surface area contributed by atoms with E-state index in [1.54, 1.807) is 7.05 Å². The van der Waals surface area contributed by atoms with Crippen LogP contribution in [0.25, 0.3) is 6.08 Å². The van der Waals surface area contributed by atoms with Gasteiger partial charge in [0.15, 0.2) is 6.29 Å². The highest BCUT2D eigenvalue weighted by molar-refractivity contribution is 6.76. The first-order valence-electron chi connectivity index (χ1n) is 6.93. The van der Waals surface area contributed by atoms with Crippen LogP contribution >= 0.6 is 0 Å². The maximum absolute atomic E-state index is 12.1. The summed E-state index contributed by atoms with van der Waals surface area (Å²) in [4.78, 5) is 23.2. The fourth-order valence-electron chi connectivity index (χ4n) is 1.83. The number of pyridine rings is 1. The second-order valence-corrected chi connectivity index (χ2v) is 11.8. The van der Waals surface area contributed by atoms with Gasteiger partial charge in [-0.05, 0) is 6.04 Å². The second kappa shape index (κ2) is 7.38. The average molecular weight is 308 g/mol. The van der Waals surface area contributed by atoms with Crippen molar-refractivity contribution in [3.8, 4) is 0 Å². The van der Waals surface area contributed by atoms with Crippen LogP contribution in [0.1, 0.15) is 15.9 Å². The number of carbonyl (C=O) groups excluding carboxylic acids is 1. The van der Waals surface area contributed by atoms with Gasteiger partial charge in [0.1, 0.15) is 12.4 Å². The Labute approximate surface area is 126 Å². The highest BCUT2D eigenvalue weighted by Crippen LogP contribution is 2.16. The van der Waals surface area contributed by atoms with E-state index in [-0.39, 0.29) is 12.3 Å². The molecule has 0 aliphatic heterocycles. The Morgan fingerprint density at radius 1 is 1.43 bits per heavy atom. The molecule has 1 aromatic heterocycles. The van der Waals surface area contributed by atoms with Crippen molar-refractivity contribution in [3.63, 3.8) is 0 Å². The van der Waals surface area contributed by atoms with Gasteiger partial charge in [0.25, 0.3) is 5.56 Å². The van der Waals surface area contributed by atoms with Crippen molar-refractivity contribution in [2.45, 2.75) is 25.7 Å². The molecule has 0 aromatic carbocycles. The van der Waals surface area contributed by atoms with E-state index in [9.17, 15) is 9.59 Å².